The summed E-state index contributed by atoms with van der Waals surface area (Å²) in [6.07, 6.45) is 1.56. The van der Waals surface area contributed by atoms with E-state index in [1.165, 1.54) is 4.68 Å². The molecule has 0 saturated carbocycles. The smallest absolute Gasteiger partial charge is 0.328 e. The first-order chi connectivity index (χ1) is 8.09. The fourth-order valence-corrected chi connectivity index (χ4v) is 1.89. The molecule has 0 spiro atoms. The largest absolute Gasteiger partial charge is 0.480 e. The monoisotopic (exact) mass is 295 g/mol. The summed E-state index contributed by atoms with van der Waals surface area (Å²) >= 11 is 3.37. The van der Waals surface area contributed by atoms with Crippen molar-refractivity contribution in [2.24, 2.45) is 0 Å². The molecule has 0 radical (unpaired) electrons. The van der Waals surface area contributed by atoms with Crippen molar-refractivity contribution < 1.29 is 9.90 Å². The van der Waals surface area contributed by atoms with Crippen LogP contribution < -0.4 is 0 Å². The lowest BCUT2D eigenvalue weighted by Gasteiger charge is -2.10. The van der Waals surface area contributed by atoms with Gasteiger partial charge >= 0.3 is 5.97 Å². The number of carboxylic acids is 1. The molecule has 1 aromatic heterocycles. The first-order valence-corrected chi connectivity index (χ1v) is 5.78. The lowest BCUT2D eigenvalue weighted by molar-refractivity contribution is -0.140. The second-order valence-electron chi connectivity index (χ2n) is 3.59. The lowest BCUT2D eigenvalue weighted by atomic mass is 10.1. The van der Waals surface area contributed by atoms with Gasteiger partial charge in [0.05, 0.1) is 11.9 Å². The third-order valence-corrected chi connectivity index (χ3v) is 2.91. The number of carboxylic acid groups (broad SMARTS) is 1. The van der Waals surface area contributed by atoms with Gasteiger partial charge in [-0.3, -0.25) is 0 Å². The maximum absolute atomic E-state index is 11.0. The van der Waals surface area contributed by atoms with Gasteiger partial charge in [-0.1, -0.05) is 33.3 Å². The lowest BCUT2D eigenvalue weighted by Crippen LogP contribution is -2.17. The molecule has 0 bridgehead atoms. The first kappa shape index (κ1) is 11.8. The van der Waals surface area contributed by atoms with Gasteiger partial charge in [0.25, 0.3) is 0 Å². The van der Waals surface area contributed by atoms with Crippen LogP contribution in [0.25, 0.3) is 11.3 Å². The zero-order valence-electron chi connectivity index (χ0n) is 9.04. The van der Waals surface area contributed by atoms with Crippen molar-refractivity contribution >= 4 is 21.9 Å². The van der Waals surface area contributed by atoms with E-state index < -0.39 is 12.0 Å². The molecule has 0 aliphatic heterocycles. The fraction of sp³-hybridized carbons (Fsp3) is 0.182. The van der Waals surface area contributed by atoms with Gasteiger partial charge < -0.3 is 5.11 Å². The Morgan fingerprint density at radius 1 is 1.53 bits per heavy atom. The summed E-state index contributed by atoms with van der Waals surface area (Å²) in [5.41, 5.74) is 1.55. The minimum absolute atomic E-state index is 0.682. The van der Waals surface area contributed by atoms with Crippen molar-refractivity contribution in [1.29, 1.82) is 0 Å². The molecule has 0 saturated heterocycles. The molecule has 1 atom stereocenters. The van der Waals surface area contributed by atoms with Crippen LogP contribution in [0.3, 0.4) is 0 Å². The molecule has 1 heterocycles. The number of rotatable bonds is 3. The molecule has 0 amide bonds. The van der Waals surface area contributed by atoms with E-state index in [0.29, 0.717) is 5.69 Å². The summed E-state index contributed by atoms with van der Waals surface area (Å²) in [5, 5.41) is 16.6. The van der Waals surface area contributed by atoms with Crippen molar-refractivity contribution in [2.45, 2.75) is 13.0 Å². The Bertz CT molecular complexity index is 553. The topological polar surface area (TPSA) is 68.0 Å². The number of nitrogens with zero attached hydrogens (tertiary/aromatic N) is 3. The van der Waals surface area contributed by atoms with E-state index in [9.17, 15) is 4.79 Å². The highest BCUT2D eigenvalue weighted by atomic mass is 79.9. The summed E-state index contributed by atoms with van der Waals surface area (Å²) < 4.78 is 2.31. The second-order valence-corrected chi connectivity index (χ2v) is 4.50. The number of aliphatic carboxylic acids is 1. The van der Waals surface area contributed by atoms with Gasteiger partial charge in [-0.25, -0.2) is 9.48 Å². The quantitative estimate of drug-likeness (QED) is 0.944. The average Bonchev–Trinajstić information content (AvgIpc) is 2.76. The highest BCUT2D eigenvalue weighted by Gasteiger charge is 2.18. The SMILES string of the molecule is CC(C(=O)O)n1nncc1-c1cccc(Br)c1. The number of halogens is 1. The standard InChI is InChI=1S/C11H10BrN3O2/c1-7(11(16)17)15-10(6-13-14-15)8-3-2-4-9(12)5-8/h2-7H,1H3,(H,16,17). The van der Waals surface area contributed by atoms with Gasteiger partial charge in [-0.2, -0.15) is 0 Å². The minimum atomic E-state index is -0.938. The van der Waals surface area contributed by atoms with Crippen molar-refractivity contribution in [1.82, 2.24) is 15.0 Å². The van der Waals surface area contributed by atoms with Crippen molar-refractivity contribution in [3.05, 3.63) is 34.9 Å². The van der Waals surface area contributed by atoms with E-state index in [-0.39, 0.29) is 0 Å². The van der Waals surface area contributed by atoms with E-state index >= 15 is 0 Å². The molecule has 1 unspecified atom stereocenters. The normalized spacial score (nSPS) is 12.4. The van der Waals surface area contributed by atoms with Gasteiger partial charge in [0.2, 0.25) is 0 Å². The van der Waals surface area contributed by atoms with E-state index in [0.717, 1.165) is 10.0 Å². The highest BCUT2D eigenvalue weighted by Crippen LogP contribution is 2.24. The Morgan fingerprint density at radius 3 is 2.94 bits per heavy atom. The molecule has 1 N–H and O–H groups in total. The number of hydrogen-bond donors (Lipinski definition) is 1. The van der Waals surface area contributed by atoms with Crippen LogP contribution in [0.1, 0.15) is 13.0 Å². The number of carbonyl (C=O) groups is 1. The van der Waals surface area contributed by atoms with E-state index in [1.54, 1.807) is 13.1 Å². The van der Waals surface area contributed by atoms with Crippen LogP contribution in [0, 0.1) is 0 Å². The summed E-state index contributed by atoms with van der Waals surface area (Å²) in [6, 6.07) is 6.81. The Kier molecular flexibility index (Phi) is 3.23. The van der Waals surface area contributed by atoms with Crippen LogP contribution in [0.5, 0.6) is 0 Å². The number of hydrogen-bond acceptors (Lipinski definition) is 3. The van der Waals surface area contributed by atoms with Crippen LogP contribution in [-0.2, 0) is 4.79 Å². The Morgan fingerprint density at radius 2 is 2.29 bits per heavy atom. The van der Waals surface area contributed by atoms with Gasteiger partial charge in [0, 0.05) is 10.0 Å². The Labute approximate surface area is 106 Å². The molecule has 2 aromatic rings. The molecule has 88 valence electrons. The van der Waals surface area contributed by atoms with Crippen LogP contribution >= 0.6 is 15.9 Å². The maximum atomic E-state index is 11.0. The summed E-state index contributed by atoms with van der Waals surface area (Å²) in [4.78, 5) is 11.0. The molecule has 2 rings (SSSR count). The third kappa shape index (κ3) is 2.36. The van der Waals surface area contributed by atoms with Crippen LogP contribution in [0.4, 0.5) is 0 Å². The molecule has 0 aliphatic carbocycles. The highest BCUT2D eigenvalue weighted by molar-refractivity contribution is 9.10. The van der Waals surface area contributed by atoms with Crippen LogP contribution in [0.2, 0.25) is 0 Å². The number of aromatic nitrogens is 3. The van der Waals surface area contributed by atoms with Crippen molar-refractivity contribution in [2.75, 3.05) is 0 Å². The average molecular weight is 296 g/mol. The molecule has 6 heteroatoms. The Hall–Kier alpha value is -1.69. The summed E-state index contributed by atoms with van der Waals surface area (Å²) in [6.45, 7) is 1.57. The zero-order valence-corrected chi connectivity index (χ0v) is 10.6. The molecule has 5 nitrogen and oxygen atoms in total. The second kappa shape index (κ2) is 4.67. The zero-order chi connectivity index (χ0) is 12.4. The first-order valence-electron chi connectivity index (χ1n) is 4.98. The molecule has 0 fully saturated rings. The molecule has 1 aromatic carbocycles. The molecule has 17 heavy (non-hydrogen) atoms. The number of benzene rings is 1. The fourth-order valence-electron chi connectivity index (χ4n) is 1.49. The van der Waals surface area contributed by atoms with Gasteiger partial charge in [-0.05, 0) is 19.1 Å². The minimum Gasteiger partial charge on any atom is -0.480 e. The Balaban J connectivity index is 2.47. The van der Waals surface area contributed by atoms with E-state index in [2.05, 4.69) is 26.2 Å². The van der Waals surface area contributed by atoms with Gasteiger partial charge in [0.15, 0.2) is 0 Å². The van der Waals surface area contributed by atoms with Gasteiger partial charge in [0.1, 0.15) is 6.04 Å². The predicted molar refractivity (Wildman–Crippen MR) is 65.5 cm³/mol. The van der Waals surface area contributed by atoms with E-state index in [1.807, 2.05) is 24.3 Å². The predicted octanol–water partition coefficient (Wildman–Crippen LogP) is 2.35. The third-order valence-electron chi connectivity index (χ3n) is 2.42. The van der Waals surface area contributed by atoms with Crippen molar-refractivity contribution in [3.8, 4) is 11.3 Å². The molecular weight excluding hydrogens is 286 g/mol. The summed E-state index contributed by atoms with van der Waals surface area (Å²) in [5.74, 6) is -0.938. The molecule has 0 aliphatic rings. The van der Waals surface area contributed by atoms with Crippen LogP contribution in [-0.4, -0.2) is 26.1 Å². The summed E-state index contributed by atoms with van der Waals surface area (Å²) in [7, 11) is 0. The van der Waals surface area contributed by atoms with Crippen molar-refractivity contribution in [3.63, 3.8) is 0 Å². The van der Waals surface area contributed by atoms with Gasteiger partial charge in [-0.15, -0.1) is 5.10 Å². The molecular formula is C11H10BrN3O2. The van der Waals surface area contributed by atoms with E-state index in [4.69, 9.17) is 5.11 Å². The van der Waals surface area contributed by atoms with Crippen LogP contribution in [0.15, 0.2) is 34.9 Å². The maximum Gasteiger partial charge on any atom is 0.328 e.